The molecule has 0 bridgehead atoms. The third-order valence-corrected chi connectivity index (χ3v) is 2.46. The van der Waals surface area contributed by atoms with E-state index in [-0.39, 0.29) is 0 Å². The normalized spacial score (nSPS) is 23.5. The van der Waals surface area contributed by atoms with Crippen molar-refractivity contribution in [3.05, 3.63) is 0 Å². The summed E-state index contributed by atoms with van der Waals surface area (Å²) in [6, 6.07) is 0.622. The Labute approximate surface area is 74.9 Å². The van der Waals surface area contributed by atoms with Gasteiger partial charge < -0.3 is 10.5 Å². The van der Waals surface area contributed by atoms with Gasteiger partial charge in [0, 0.05) is 25.7 Å². The lowest BCUT2D eigenvalue weighted by atomic mass is 10.2. The van der Waals surface area contributed by atoms with Gasteiger partial charge in [0.1, 0.15) is 0 Å². The maximum Gasteiger partial charge on any atom is 0.0593 e. The van der Waals surface area contributed by atoms with E-state index in [4.69, 9.17) is 10.5 Å². The number of ether oxygens (including phenoxy) is 1. The molecular formula is C9H20N2O. The number of hydrogen-bond donors (Lipinski definition) is 1. The molecule has 1 saturated heterocycles. The Hall–Kier alpha value is -0.120. The van der Waals surface area contributed by atoms with Crippen LogP contribution in [0.2, 0.25) is 0 Å². The van der Waals surface area contributed by atoms with Crippen LogP contribution in [0, 0.1) is 0 Å². The Morgan fingerprint density at radius 2 is 2.25 bits per heavy atom. The summed E-state index contributed by atoms with van der Waals surface area (Å²) in [6.07, 6.45) is 2.26. The number of hydrogen-bond acceptors (Lipinski definition) is 3. The molecule has 1 aliphatic heterocycles. The van der Waals surface area contributed by atoms with Crippen molar-refractivity contribution in [1.82, 2.24) is 4.90 Å². The molecule has 3 nitrogen and oxygen atoms in total. The van der Waals surface area contributed by atoms with Gasteiger partial charge in [0.2, 0.25) is 0 Å². The molecule has 1 unspecified atom stereocenters. The van der Waals surface area contributed by atoms with Crippen molar-refractivity contribution < 1.29 is 4.74 Å². The summed E-state index contributed by atoms with van der Waals surface area (Å²) in [7, 11) is 0. The third kappa shape index (κ3) is 3.09. The summed E-state index contributed by atoms with van der Waals surface area (Å²) in [6.45, 7) is 7.08. The molecule has 3 heteroatoms. The molecule has 0 aromatic rings. The van der Waals surface area contributed by atoms with Crippen LogP contribution < -0.4 is 5.73 Å². The maximum absolute atomic E-state index is 5.52. The van der Waals surface area contributed by atoms with Crippen molar-refractivity contribution in [3.63, 3.8) is 0 Å². The van der Waals surface area contributed by atoms with Gasteiger partial charge in [-0.25, -0.2) is 0 Å². The zero-order valence-electron chi connectivity index (χ0n) is 7.96. The fourth-order valence-corrected chi connectivity index (χ4v) is 1.63. The monoisotopic (exact) mass is 172 g/mol. The van der Waals surface area contributed by atoms with Crippen LogP contribution in [0.15, 0.2) is 0 Å². The minimum atomic E-state index is 0.622. The molecule has 2 N–H and O–H groups in total. The standard InChI is InChI=1S/C9H20N2O/c1-9(3-4-10)11-5-2-7-12-8-6-11/h9H,2-8,10H2,1H3. The van der Waals surface area contributed by atoms with Gasteiger partial charge in [0.25, 0.3) is 0 Å². The fourth-order valence-electron chi connectivity index (χ4n) is 1.63. The number of nitrogens with two attached hydrogens (primary N) is 1. The minimum absolute atomic E-state index is 0.622. The molecule has 1 atom stereocenters. The van der Waals surface area contributed by atoms with E-state index < -0.39 is 0 Å². The zero-order valence-corrected chi connectivity index (χ0v) is 7.96. The molecule has 1 fully saturated rings. The lowest BCUT2D eigenvalue weighted by molar-refractivity contribution is 0.132. The highest BCUT2D eigenvalue weighted by molar-refractivity contribution is 4.69. The maximum atomic E-state index is 5.52. The van der Waals surface area contributed by atoms with E-state index >= 15 is 0 Å². The van der Waals surface area contributed by atoms with Crippen LogP contribution in [0.4, 0.5) is 0 Å². The smallest absolute Gasteiger partial charge is 0.0593 e. The SMILES string of the molecule is CC(CCN)N1CCCOCC1. The Morgan fingerprint density at radius 3 is 3.00 bits per heavy atom. The predicted molar refractivity (Wildman–Crippen MR) is 50.1 cm³/mol. The van der Waals surface area contributed by atoms with Gasteiger partial charge in [-0.3, -0.25) is 4.90 Å². The van der Waals surface area contributed by atoms with Gasteiger partial charge in [0.05, 0.1) is 6.61 Å². The van der Waals surface area contributed by atoms with Gasteiger partial charge in [-0.1, -0.05) is 0 Å². The van der Waals surface area contributed by atoms with Crippen LogP contribution in [0.5, 0.6) is 0 Å². The number of rotatable bonds is 3. The first-order chi connectivity index (χ1) is 5.84. The first kappa shape index (κ1) is 9.96. The summed E-state index contributed by atoms with van der Waals surface area (Å²) < 4.78 is 5.38. The van der Waals surface area contributed by atoms with E-state index in [2.05, 4.69) is 11.8 Å². The molecule has 0 aromatic carbocycles. The van der Waals surface area contributed by atoms with Crippen molar-refractivity contribution in [1.29, 1.82) is 0 Å². The van der Waals surface area contributed by atoms with Crippen LogP contribution >= 0.6 is 0 Å². The quantitative estimate of drug-likeness (QED) is 0.671. The van der Waals surface area contributed by atoms with Crippen molar-refractivity contribution in [2.45, 2.75) is 25.8 Å². The minimum Gasteiger partial charge on any atom is -0.380 e. The average Bonchev–Trinajstić information content (AvgIpc) is 2.32. The first-order valence-corrected chi connectivity index (χ1v) is 4.86. The van der Waals surface area contributed by atoms with Gasteiger partial charge in [-0.05, 0) is 26.3 Å². The van der Waals surface area contributed by atoms with Gasteiger partial charge in [0.15, 0.2) is 0 Å². The Morgan fingerprint density at radius 1 is 1.42 bits per heavy atom. The molecule has 12 heavy (non-hydrogen) atoms. The Kier molecular flexibility index (Phi) is 4.58. The van der Waals surface area contributed by atoms with Crippen molar-refractivity contribution in [2.75, 3.05) is 32.8 Å². The molecular weight excluding hydrogens is 152 g/mol. The van der Waals surface area contributed by atoms with Gasteiger partial charge in [-0.2, -0.15) is 0 Å². The molecule has 1 rings (SSSR count). The highest BCUT2D eigenvalue weighted by Crippen LogP contribution is 2.06. The molecule has 1 heterocycles. The molecule has 0 saturated carbocycles. The second-order valence-corrected chi connectivity index (χ2v) is 3.43. The second-order valence-electron chi connectivity index (χ2n) is 3.43. The summed E-state index contributed by atoms with van der Waals surface area (Å²) in [5.41, 5.74) is 5.52. The summed E-state index contributed by atoms with van der Waals surface area (Å²) in [5.74, 6) is 0. The number of nitrogens with zero attached hydrogens (tertiary/aromatic N) is 1. The van der Waals surface area contributed by atoms with Crippen LogP contribution in [0.25, 0.3) is 0 Å². The highest BCUT2D eigenvalue weighted by atomic mass is 16.5. The Balaban J connectivity index is 2.27. The van der Waals surface area contributed by atoms with Crippen molar-refractivity contribution in [3.8, 4) is 0 Å². The molecule has 0 radical (unpaired) electrons. The first-order valence-electron chi connectivity index (χ1n) is 4.86. The molecule has 0 amide bonds. The molecule has 72 valence electrons. The fraction of sp³-hybridized carbons (Fsp3) is 1.00. The average molecular weight is 172 g/mol. The van der Waals surface area contributed by atoms with Crippen molar-refractivity contribution >= 4 is 0 Å². The van der Waals surface area contributed by atoms with Gasteiger partial charge >= 0.3 is 0 Å². The molecule has 0 aromatic heterocycles. The topological polar surface area (TPSA) is 38.5 Å². The van der Waals surface area contributed by atoms with Crippen LogP contribution in [-0.4, -0.2) is 43.8 Å². The van der Waals surface area contributed by atoms with Crippen LogP contribution in [0.3, 0.4) is 0 Å². The van der Waals surface area contributed by atoms with E-state index in [1.165, 1.54) is 6.54 Å². The van der Waals surface area contributed by atoms with Gasteiger partial charge in [-0.15, -0.1) is 0 Å². The van der Waals surface area contributed by atoms with Crippen LogP contribution in [-0.2, 0) is 4.74 Å². The Bertz CT molecular complexity index is 111. The summed E-state index contributed by atoms with van der Waals surface area (Å²) >= 11 is 0. The highest BCUT2D eigenvalue weighted by Gasteiger charge is 2.14. The largest absolute Gasteiger partial charge is 0.380 e. The lowest BCUT2D eigenvalue weighted by Gasteiger charge is -2.26. The summed E-state index contributed by atoms with van der Waals surface area (Å²) in [4.78, 5) is 2.47. The lowest BCUT2D eigenvalue weighted by Crippen LogP contribution is -2.36. The second kappa shape index (κ2) is 5.51. The van der Waals surface area contributed by atoms with E-state index in [1.807, 2.05) is 0 Å². The third-order valence-electron chi connectivity index (χ3n) is 2.46. The van der Waals surface area contributed by atoms with Crippen molar-refractivity contribution in [2.24, 2.45) is 5.73 Å². The predicted octanol–water partition coefficient (Wildman–Crippen LogP) is 0.446. The zero-order chi connectivity index (χ0) is 8.81. The summed E-state index contributed by atoms with van der Waals surface area (Å²) in [5, 5.41) is 0. The van der Waals surface area contributed by atoms with Crippen LogP contribution in [0.1, 0.15) is 19.8 Å². The van der Waals surface area contributed by atoms with E-state index in [0.717, 1.165) is 39.1 Å². The van der Waals surface area contributed by atoms with E-state index in [1.54, 1.807) is 0 Å². The molecule has 0 spiro atoms. The van der Waals surface area contributed by atoms with E-state index in [0.29, 0.717) is 6.04 Å². The van der Waals surface area contributed by atoms with E-state index in [9.17, 15) is 0 Å². The molecule has 1 aliphatic rings. The molecule has 0 aliphatic carbocycles.